The molecule has 1 aromatic heterocycles. The molecule has 0 aliphatic carbocycles. The number of nitrogens with zero attached hydrogens (tertiary/aromatic N) is 3. The molecule has 7 heteroatoms. The van der Waals surface area contributed by atoms with Crippen molar-refractivity contribution < 1.29 is 13.2 Å². The molecule has 0 atom stereocenters. The maximum Gasteiger partial charge on any atom is 0.434 e. The summed E-state index contributed by atoms with van der Waals surface area (Å²) in [4.78, 5) is 3.59. The van der Waals surface area contributed by atoms with Gasteiger partial charge in [-0.25, -0.2) is 4.98 Å². The van der Waals surface area contributed by atoms with Crippen LogP contribution in [-0.4, -0.2) is 9.55 Å². The van der Waals surface area contributed by atoms with Crippen molar-refractivity contribution in [1.29, 1.82) is 5.26 Å². The van der Waals surface area contributed by atoms with Gasteiger partial charge in [-0.15, -0.1) is 0 Å². The summed E-state index contributed by atoms with van der Waals surface area (Å²) < 4.78 is 39.6. The van der Waals surface area contributed by atoms with Crippen LogP contribution in [-0.2, 0) is 13.2 Å². The van der Waals surface area contributed by atoms with E-state index in [-0.39, 0.29) is 5.82 Å². The summed E-state index contributed by atoms with van der Waals surface area (Å²) in [5.74, 6) is 0.184. The van der Waals surface area contributed by atoms with Crippen molar-refractivity contribution in [3.8, 4) is 17.5 Å². The van der Waals surface area contributed by atoms with Crippen LogP contribution >= 0.6 is 15.9 Å². The van der Waals surface area contributed by atoms with E-state index < -0.39 is 11.9 Å². The van der Waals surface area contributed by atoms with E-state index in [1.165, 1.54) is 23.7 Å². The molecule has 0 unspecified atom stereocenters. The number of alkyl halides is 3. The van der Waals surface area contributed by atoms with Crippen LogP contribution in [0.1, 0.15) is 11.3 Å². The standard InChI is InChI=1S/C12H7BrF3N3/c1-19-6-10(12(14,15)16)18-11(19)8-3-2-7(5-17)4-9(8)13/h2-4,6H,1H3. The predicted molar refractivity (Wildman–Crippen MR) is 66.1 cm³/mol. The fourth-order valence-electron chi connectivity index (χ4n) is 1.62. The lowest BCUT2D eigenvalue weighted by Crippen LogP contribution is -2.04. The highest BCUT2D eigenvalue weighted by atomic mass is 79.9. The van der Waals surface area contributed by atoms with Crippen molar-refractivity contribution >= 4 is 15.9 Å². The van der Waals surface area contributed by atoms with Crippen LogP contribution < -0.4 is 0 Å². The van der Waals surface area contributed by atoms with Gasteiger partial charge in [0.1, 0.15) is 5.82 Å². The maximum atomic E-state index is 12.6. The molecule has 0 fully saturated rings. The summed E-state index contributed by atoms with van der Waals surface area (Å²) in [5, 5.41) is 8.75. The lowest BCUT2D eigenvalue weighted by Gasteiger charge is -2.04. The first kappa shape index (κ1) is 13.6. The van der Waals surface area contributed by atoms with Gasteiger partial charge in [-0.1, -0.05) is 0 Å². The van der Waals surface area contributed by atoms with Crippen LogP contribution in [0.2, 0.25) is 0 Å². The molecule has 98 valence electrons. The van der Waals surface area contributed by atoms with Gasteiger partial charge in [-0.3, -0.25) is 0 Å². The van der Waals surface area contributed by atoms with E-state index in [1.54, 1.807) is 6.07 Å². The molecule has 3 nitrogen and oxygen atoms in total. The van der Waals surface area contributed by atoms with Crippen LogP contribution in [0.5, 0.6) is 0 Å². The lowest BCUT2D eigenvalue weighted by molar-refractivity contribution is -0.140. The van der Waals surface area contributed by atoms with Gasteiger partial charge in [0.05, 0.1) is 11.6 Å². The minimum absolute atomic E-state index is 0.184. The van der Waals surface area contributed by atoms with Crippen molar-refractivity contribution in [2.24, 2.45) is 7.05 Å². The Morgan fingerprint density at radius 3 is 2.53 bits per heavy atom. The van der Waals surface area contributed by atoms with E-state index >= 15 is 0 Å². The zero-order valence-corrected chi connectivity index (χ0v) is 11.2. The van der Waals surface area contributed by atoms with Crippen molar-refractivity contribution in [3.05, 3.63) is 40.1 Å². The Balaban J connectivity index is 2.54. The molecule has 2 rings (SSSR count). The SMILES string of the molecule is Cn1cc(C(F)(F)F)nc1-c1ccc(C#N)cc1Br. The third kappa shape index (κ3) is 2.63. The quantitative estimate of drug-likeness (QED) is 0.799. The fraction of sp³-hybridized carbons (Fsp3) is 0.167. The Morgan fingerprint density at radius 2 is 2.05 bits per heavy atom. The highest BCUT2D eigenvalue weighted by molar-refractivity contribution is 9.10. The number of hydrogen-bond acceptors (Lipinski definition) is 2. The van der Waals surface area contributed by atoms with Gasteiger partial charge in [0, 0.05) is 23.3 Å². The minimum Gasteiger partial charge on any atom is -0.333 e. The molecule has 0 aliphatic rings. The maximum absolute atomic E-state index is 12.6. The first-order valence-electron chi connectivity index (χ1n) is 5.13. The molecule has 1 aromatic carbocycles. The summed E-state index contributed by atoms with van der Waals surface area (Å²) >= 11 is 3.23. The summed E-state index contributed by atoms with van der Waals surface area (Å²) in [7, 11) is 1.49. The molecule has 0 amide bonds. The van der Waals surface area contributed by atoms with E-state index in [1.807, 2.05) is 6.07 Å². The number of halogens is 4. The van der Waals surface area contributed by atoms with Crippen LogP contribution in [0.3, 0.4) is 0 Å². The van der Waals surface area contributed by atoms with Gasteiger partial charge in [0.2, 0.25) is 0 Å². The van der Waals surface area contributed by atoms with Crippen molar-refractivity contribution in [2.75, 3.05) is 0 Å². The van der Waals surface area contributed by atoms with Crippen LogP contribution in [0.25, 0.3) is 11.4 Å². The minimum atomic E-state index is -4.48. The molecular weight excluding hydrogens is 323 g/mol. The topological polar surface area (TPSA) is 41.6 Å². The van der Waals surface area contributed by atoms with Gasteiger partial charge in [-0.2, -0.15) is 18.4 Å². The number of aryl methyl sites for hydroxylation is 1. The first-order valence-corrected chi connectivity index (χ1v) is 5.93. The fourth-order valence-corrected chi connectivity index (χ4v) is 2.18. The Bertz CT molecular complexity index is 668. The molecule has 0 aliphatic heterocycles. The first-order chi connectivity index (χ1) is 8.82. The third-order valence-electron chi connectivity index (χ3n) is 2.51. The smallest absolute Gasteiger partial charge is 0.333 e. The molecule has 0 N–H and O–H groups in total. The van der Waals surface area contributed by atoms with Crippen molar-refractivity contribution in [1.82, 2.24) is 9.55 Å². The van der Waals surface area contributed by atoms with Crippen molar-refractivity contribution in [3.63, 3.8) is 0 Å². The monoisotopic (exact) mass is 329 g/mol. The van der Waals surface area contributed by atoms with Crippen LogP contribution in [0, 0.1) is 11.3 Å². The molecule has 0 radical (unpaired) electrons. The highest BCUT2D eigenvalue weighted by Crippen LogP contribution is 2.33. The van der Waals surface area contributed by atoms with Crippen molar-refractivity contribution in [2.45, 2.75) is 6.18 Å². The molecule has 2 aromatic rings. The Morgan fingerprint density at radius 1 is 1.37 bits per heavy atom. The zero-order chi connectivity index (χ0) is 14.2. The number of hydrogen-bond donors (Lipinski definition) is 0. The second-order valence-corrected chi connectivity index (χ2v) is 4.72. The zero-order valence-electron chi connectivity index (χ0n) is 9.66. The van der Waals surface area contributed by atoms with E-state index in [0.29, 0.717) is 15.6 Å². The normalized spacial score (nSPS) is 11.4. The molecule has 0 saturated carbocycles. The Hall–Kier alpha value is -1.81. The number of rotatable bonds is 1. The second-order valence-electron chi connectivity index (χ2n) is 3.86. The molecule has 0 spiro atoms. The van der Waals surface area contributed by atoms with E-state index in [9.17, 15) is 13.2 Å². The summed E-state index contributed by atoms with van der Waals surface area (Å²) in [6.07, 6.45) is -3.55. The van der Waals surface area contributed by atoms with Gasteiger partial charge < -0.3 is 4.57 Å². The molecule has 1 heterocycles. The van der Waals surface area contributed by atoms with Gasteiger partial charge >= 0.3 is 6.18 Å². The predicted octanol–water partition coefficient (Wildman–Crippen LogP) is 3.74. The number of nitriles is 1. The van der Waals surface area contributed by atoms with Gasteiger partial charge in [-0.05, 0) is 34.1 Å². The van der Waals surface area contributed by atoms with E-state index in [0.717, 1.165) is 6.20 Å². The van der Waals surface area contributed by atoms with Crippen LogP contribution in [0.4, 0.5) is 13.2 Å². The van der Waals surface area contributed by atoms with Gasteiger partial charge in [0.25, 0.3) is 0 Å². The third-order valence-corrected chi connectivity index (χ3v) is 3.16. The average Bonchev–Trinajstić information content (AvgIpc) is 2.71. The second kappa shape index (κ2) is 4.70. The highest BCUT2D eigenvalue weighted by Gasteiger charge is 2.34. The molecule has 0 saturated heterocycles. The summed E-state index contributed by atoms with van der Waals surface area (Å²) in [5.41, 5.74) is -0.0286. The summed E-state index contributed by atoms with van der Waals surface area (Å²) in [6.45, 7) is 0. The van der Waals surface area contributed by atoms with E-state index in [4.69, 9.17) is 5.26 Å². The Labute approximate surface area is 115 Å². The largest absolute Gasteiger partial charge is 0.434 e. The Kier molecular flexibility index (Phi) is 3.37. The lowest BCUT2D eigenvalue weighted by atomic mass is 10.1. The summed E-state index contributed by atoms with van der Waals surface area (Å²) in [6, 6.07) is 6.58. The molecule has 19 heavy (non-hydrogen) atoms. The number of benzene rings is 1. The average molecular weight is 330 g/mol. The van der Waals surface area contributed by atoms with Gasteiger partial charge in [0.15, 0.2) is 5.69 Å². The molecule has 0 bridgehead atoms. The molecular formula is C12H7BrF3N3. The van der Waals surface area contributed by atoms with E-state index in [2.05, 4.69) is 20.9 Å². The van der Waals surface area contributed by atoms with Crippen LogP contribution in [0.15, 0.2) is 28.9 Å². The number of imidazole rings is 1. The number of aromatic nitrogens is 2.